The lowest BCUT2D eigenvalue weighted by atomic mass is 10.1. The van der Waals surface area contributed by atoms with Crippen molar-refractivity contribution in [2.75, 3.05) is 13.1 Å². The molecule has 2 heterocycles. The Hall–Kier alpha value is -3.68. The molecule has 2 aromatic carbocycles. The van der Waals surface area contributed by atoms with Crippen molar-refractivity contribution in [3.8, 4) is 5.75 Å². The van der Waals surface area contributed by atoms with Crippen molar-refractivity contribution < 1.29 is 23.6 Å². The third-order valence-electron chi connectivity index (χ3n) is 5.00. The highest BCUT2D eigenvalue weighted by atomic mass is 16.5. The molecule has 0 spiro atoms. The fourth-order valence-electron chi connectivity index (χ4n) is 3.40. The van der Waals surface area contributed by atoms with Gasteiger partial charge >= 0.3 is 5.97 Å². The Labute approximate surface area is 179 Å². The van der Waals surface area contributed by atoms with Crippen LogP contribution in [-0.2, 0) is 16.1 Å². The number of esters is 1. The Morgan fingerprint density at radius 3 is 2.42 bits per heavy atom. The minimum Gasteiger partial charge on any atom is -0.485 e. The highest BCUT2D eigenvalue weighted by Gasteiger charge is 2.31. The molecule has 31 heavy (non-hydrogen) atoms. The van der Waals surface area contributed by atoms with E-state index in [0.29, 0.717) is 41.7 Å². The molecular weight excluding hydrogens is 398 g/mol. The molecule has 1 amide bonds. The van der Waals surface area contributed by atoms with Crippen molar-refractivity contribution in [1.29, 1.82) is 0 Å². The largest absolute Gasteiger partial charge is 0.485 e. The molecule has 8 heteroatoms. The minimum absolute atomic E-state index is 0.154. The third kappa shape index (κ3) is 5.09. The number of likely N-dealkylation sites (tertiary alicyclic amines) is 1. The van der Waals surface area contributed by atoms with E-state index in [9.17, 15) is 9.59 Å². The van der Waals surface area contributed by atoms with E-state index in [1.165, 1.54) is 0 Å². The van der Waals surface area contributed by atoms with Gasteiger partial charge in [-0.15, -0.1) is 0 Å². The first-order chi connectivity index (χ1) is 15.1. The summed E-state index contributed by atoms with van der Waals surface area (Å²) in [6.45, 7) is 3.23. The van der Waals surface area contributed by atoms with Crippen molar-refractivity contribution in [2.24, 2.45) is 0 Å². The van der Waals surface area contributed by atoms with E-state index in [1.807, 2.05) is 18.2 Å². The van der Waals surface area contributed by atoms with Crippen LogP contribution in [-0.4, -0.2) is 40.0 Å². The van der Waals surface area contributed by atoms with Crippen LogP contribution in [0.3, 0.4) is 0 Å². The third-order valence-corrected chi connectivity index (χ3v) is 5.00. The van der Waals surface area contributed by atoms with E-state index in [2.05, 4.69) is 10.1 Å². The van der Waals surface area contributed by atoms with E-state index in [4.69, 9.17) is 14.0 Å². The Morgan fingerprint density at radius 2 is 1.77 bits per heavy atom. The molecule has 1 saturated heterocycles. The van der Waals surface area contributed by atoms with Crippen LogP contribution in [0.25, 0.3) is 0 Å². The summed E-state index contributed by atoms with van der Waals surface area (Å²) in [6.07, 6.45) is 0.960. The predicted molar refractivity (Wildman–Crippen MR) is 110 cm³/mol. The minimum atomic E-state index is -0.968. The Kier molecular flexibility index (Phi) is 6.26. The maximum absolute atomic E-state index is 13.0. The van der Waals surface area contributed by atoms with Gasteiger partial charge in [0.1, 0.15) is 5.75 Å². The number of hydrogen-bond donors (Lipinski definition) is 0. The quantitative estimate of drug-likeness (QED) is 0.539. The van der Waals surface area contributed by atoms with Gasteiger partial charge < -0.3 is 18.9 Å². The zero-order valence-electron chi connectivity index (χ0n) is 17.2. The normalized spacial score (nSPS) is 14.3. The second-order valence-electron chi connectivity index (χ2n) is 7.27. The molecule has 4 rings (SSSR count). The zero-order chi connectivity index (χ0) is 21.6. The van der Waals surface area contributed by atoms with Gasteiger partial charge in [0.15, 0.2) is 6.61 Å². The summed E-state index contributed by atoms with van der Waals surface area (Å²) in [5, 5.41) is 3.77. The summed E-state index contributed by atoms with van der Waals surface area (Å²) in [7, 11) is 0. The number of aromatic nitrogens is 2. The predicted octanol–water partition coefficient (Wildman–Crippen LogP) is 3.48. The number of nitrogens with zero attached hydrogens (tertiary/aromatic N) is 3. The molecule has 1 fully saturated rings. The first-order valence-electron chi connectivity index (χ1n) is 10.2. The fourth-order valence-corrected chi connectivity index (χ4v) is 3.40. The van der Waals surface area contributed by atoms with E-state index >= 15 is 0 Å². The van der Waals surface area contributed by atoms with Gasteiger partial charge in [-0.05, 0) is 37.1 Å². The molecule has 0 saturated carbocycles. The van der Waals surface area contributed by atoms with Crippen molar-refractivity contribution in [2.45, 2.75) is 32.5 Å². The number of aryl methyl sites for hydroxylation is 1. The molecule has 1 aliphatic heterocycles. The summed E-state index contributed by atoms with van der Waals surface area (Å²) in [5.41, 5.74) is 0.987. The van der Waals surface area contributed by atoms with Gasteiger partial charge in [0.25, 0.3) is 5.91 Å². The van der Waals surface area contributed by atoms with Gasteiger partial charge in [-0.1, -0.05) is 35.5 Å². The topological polar surface area (TPSA) is 94.8 Å². The van der Waals surface area contributed by atoms with Crippen LogP contribution < -0.4 is 4.74 Å². The molecule has 0 N–H and O–H groups in total. The van der Waals surface area contributed by atoms with Crippen LogP contribution in [0, 0.1) is 6.92 Å². The number of ether oxygens (including phenoxy) is 2. The van der Waals surface area contributed by atoms with Crippen molar-refractivity contribution >= 4 is 11.9 Å². The summed E-state index contributed by atoms with van der Waals surface area (Å²) in [4.78, 5) is 31.6. The van der Waals surface area contributed by atoms with Crippen LogP contribution in [0.5, 0.6) is 5.75 Å². The smallest absolute Gasteiger partial charge is 0.339 e. The monoisotopic (exact) mass is 421 g/mol. The van der Waals surface area contributed by atoms with Gasteiger partial charge in [-0.25, -0.2) is 4.79 Å². The summed E-state index contributed by atoms with van der Waals surface area (Å²) < 4.78 is 16.2. The molecule has 1 aromatic heterocycles. The van der Waals surface area contributed by atoms with Gasteiger partial charge in [0, 0.05) is 25.6 Å². The molecule has 1 unspecified atom stereocenters. The van der Waals surface area contributed by atoms with Crippen LogP contribution >= 0.6 is 0 Å². The number of carbonyl (C=O) groups is 2. The lowest BCUT2D eigenvalue weighted by molar-refractivity contribution is -0.140. The molecule has 0 radical (unpaired) electrons. The molecule has 0 bridgehead atoms. The molecule has 8 nitrogen and oxygen atoms in total. The van der Waals surface area contributed by atoms with Crippen molar-refractivity contribution in [3.05, 3.63) is 77.4 Å². The standard InChI is InChI=1S/C23H23N3O5/c1-16-24-20(25-31-16)15-29-19-11-9-18(10-12-19)23(28)30-21(17-7-3-2-4-8-17)22(27)26-13-5-6-14-26/h2-4,7-12,21H,5-6,13-15H2,1H3. The maximum atomic E-state index is 13.0. The second kappa shape index (κ2) is 9.42. The van der Waals surface area contributed by atoms with Gasteiger partial charge in [0.05, 0.1) is 5.56 Å². The first-order valence-corrected chi connectivity index (χ1v) is 10.2. The molecular formula is C23H23N3O5. The Balaban J connectivity index is 1.43. The molecule has 1 atom stereocenters. The number of hydrogen-bond acceptors (Lipinski definition) is 7. The highest BCUT2D eigenvalue weighted by molar-refractivity contribution is 5.92. The Bertz CT molecular complexity index is 1030. The first kappa shape index (κ1) is 20.6. The van der Waals surface area contributed by atoms with Gasteiger partial charge in [-0.2, -0.15) is 4.98 Å². The summed E-state index contributed by atoms with van der Waals surface area (Å²) in [6, 6.07) is 15.6. The zero-order valence-corrected chi connectivity index (χ0v) is 17.2. The number of benzene rings is 2. The molecule has 0 aliphatic carbocycles. The lowest BCUT2D eigenvalue weighted by Gasteiger charge is -2.23. The van der Waals surface area contributed by atoms with Crippen LogP contribution in [0.4, 0.5) is 0 Å². The Morgan fingerprint density at radius 1 is 1.06 bits per heavy atom. The van der Waals surface area contributed by atoms with Crippen molar-refractivity contribution in [3.63, 3.8) is 0 Å². The van der Waals surface area contributed by atoms with E-state index in [-0.39, 0.29) is 12.5 Å². The van der Waals surface area contributed by atoms with E-state index in [0.717, 1.165) is 12.8 Å². The summed E-state index contributed by atoms with van der Waals surface area (Å²) >= 11 is 0. The van der Waals surface area contributed by atoms with Gasteiger partial charge in [0.2, 0.25) is 17.8 Å². The fraction of sp³-hybridized carbons (Fsp3) is 0.304. The molecule has 3 aromatic rings. The van der Waals surface area contributed by atoms with Gasteiger partial charge in [-0.3, -0.25) is 4.79 Å². The number of carbonyl (C=O) groups excluding carboxylic acids is 2. The number of rotatable bonds is 7. The van der Waals surface area contributed by atoms with E-state index in [1.54, 1.807) is 48.2 Å². The van der Waals surface area contributed by atoms with Crippen LogP contribution in [0.2, 0.25) is 0 Å². The maximum Gasteiger partial charge on any atom is 0.339 e. The average molecular weight is 421 g/mol. The van der Waals surface area contributed by atoms with Crippen molar-refractivity contribution in [1.82, 2.24) is 15.0 Å². The SMILES string of the molecule is Cc1nc(COc2ccc(C(=O)OC(C(=O)N3CCCC3)c3ccccc3)cc2)no1. The summed E-state index contributed by atoms with van der Waals surface area (Å²) in [5.74, 6) is 0.696. The second-order valence-corrected chi connectivity index (χ2v) is 7.27. The van der Waals surface area contributed by atoms with E-state index < -0.39 is 12.1 Å². The number of amides is 1. The van der Waals surface area contributed by atoms with Crippen LogP contribution in [0.15, 0.2) is 59.1 Å². The average Bonchev–Trinajstić information content (AvgIpc) is 3.48. The van der Waals surface area contributed by atoms with Crippen LogP contribution in [0.1, 0.15) is 46.6 Å². The molecule has 160 valence electrons. The highest BCUT2D eigenvalue weighted by Crippen LogP contribution is 2.24. The lowest BCUT2D eigenvalue weighted by Crippen LogP contribution is -2.34. The molecule has 1 aliphatic rings.